The number of pyridine rings is 1. The summed E-state index contributed by atoms with van der Waals surface area (Å²) in [5.41, 5.74) is -1.48. The van der Waals surface area contributed by atoms with Crippen molar-refractivity contribution in [3.63, 3.8) is 0 Å². The summed E-state index contributed by atoms with van der Waals surface area (Å²) in [7, 11) is 0. The molecule has 0 saturated heterocycles. The first-order valence-electron chi connectivity index (χ1n) is 5.61. The number of hydrogen-bond donors (Lipinski definition) is 0. The van der Waals surface area contributed by atoms with Crippen LogP contribution in [0.5, 0.6) is 0 Å². The lowest BCUT2D eigenvalue weighted by Crippen LogP contribution is -2.16. The summed E-state index contributed by atoms with van der Waals surface area (Å²) in [6.45, 7) is -0.290. The Morgan fingerprint density at radius 3 is 2.65 bits per heavy atom. The maximum atomic E-state index is 13.4. The van der Waals surface area contributed by atoms with E-state index in [1.165, 1.54) is 29.0 Å². The number of carbonyl (C=O) groups is 1. The van der Waals surface area contributed by atoms with E-state index in [-0.39, 0.29) is 12.1 Å². The van der Waals surface area contributed by atoms with E-state index in [9.17, 15) is 24.1 Å². The number of hydrogen-bond acceptors (Lipinski definition) is 4. The molecular formula is C13H9FN2O4. The van der Waals surface area contributed by atoms with E-state index >= 15 is 0 Å². The molecule has 7 heteroatoms. The third-order valence-corrected chi connectivity index (χ3v) is 2.66. The number of carbonyl (C=O) groups excluding carboxylic acids is 1. The van der Waals surface area contributed by atoms with Crippen molar-refractivity contribution in [2.24, 2.45) is 0 Å². The Bertz CT molecular complexity index is 739. The first kappa shape index (κ1) is 13.6. The van der Waals surface area contributed by atoms with Crippen molar-refractivity contribution in [1.29, 1.82) is 0 Å². The molecule has 0 amide bonds. The zero-order valence-electron chi connectivity index (χ0n) is 10.2. The average Bonchev–Trinajstić information content (AvgIpc) is 2.41. The predicted octanol–water partition coefficient (Wildman–Crippen LogP) is 1.78. The molecule has 0 aliphatic carbocycles. The Balaban J connectivity index is 2.29. The smallest absolute Gasteiger partial charge is 0.332 e. The lowest BCUT2D eigenvalue weighted by atomic mass is 10.1. The van der Waals surface area contributed by atoms with Crippen LogP contribution in [-0.4, -0.2) is 15.3 Å². The molecule has 2 aromatic rings. The topological polar surface area (TPSA) is 82.2 Å². The average molecular weight is 276 g/mol. The molecule has 0 bridgehead atoms. The van der Waals surface area contributed by atoms with E-state index in [0.29, 0.717) is 0 Å². The van der Waals surface area contributed by atoms with Crippen molar-refractivity contribution in [3.8, 4) is 0 Å². The Kier molecular flexibility index (Phi) is 3.69. The number of Topliss-reactive ketones (excluding diaryl/α,β-unsaturated/α-hetero) is 1. The highest BCUT2D eigenvalue weighted by atomic mass is 19.1. The Morgan fingerprint density at radius 2 is 2.00 bits per heavy atom. The maximum Gasteiger partial charge on any atom is 0.332 e. The number of benzene rings is 1. The number of halogens is 1. The van der Waals surface area contributed by atoms with E-state index in [0.717, 1.165) is 18.3 Å². The van der Waals surface area contributed by atoms with Crippen LogP contribution >= 0.6 is 0 Å². The summed E-state index contributed by atoms with van der Waals surface area (Å²) in [6, 6.07) is 6.45. The third kappa shape index (κ3) is 2.77. The van der Waals surface area contributed by atoms with Crippen LogP contribution in [0, 0.1) is 15.9 Å². The van der Waals surface area contributed by atoms with E-state index in [1.54, 1.807) is 0 Å². The van der Waals surface area contributed by atoms with Gasteiger partial charge in [-0.1, -0.05) is 12.1 Å². The lowest BCUT2D eigenvalue weighted by Gasteiger charge is -2.06. The number of nitro groups is 1. The molecule has 0 atom stereocenters. The van der Waals surface area contributed by atoms with Gasteiger partial charge >= 0.3 is 5.69 Å². The minimum absolute atomic E-state index is 0.103. The largest absolute Gasteiger partial charge is 0.340 e. The van der Waals surface area contributed by atoms with Crippen LogP contribution in [-0.2, 0) is 6.54 Å². The first-order chi connectivity index (χ1) is 9.49. The van der Waals surface area contributed by atoms with Crippen molar-refractivity contribution in [1.82, 2.24) is 4.57 Å². The van der Waals surface area contributed by atoms with E-state index in [2.05, 4.69) is 0 Å². The summed E-state index contributed by atoms with van der Waals surface area (Å²) >= 11 is 0. The Labute approximate surface area is 112 Å². The van der Waals surface area contributed by atoms with Crippen molar-refractivity contribution in [2.75, 3.05) is 0 Å². The quantitative estimate of drug-likeness (QED) is 0.484. The summed E-state index contributed by atoms with van der Waals surface area (Å²) in [6.07, 6.45) is 2.20. The molecule has 0 aliphatic rings. The van der Waals surface area contributed by atoms with Crippen LogP contribution in [0.2, 0.25) is 0 Å². The Morgan fingerprint density at radius 1 is 1.30 bits per heavy atom. The van der Waals surface area contributed by atoms with E-state index in [1.807, 2.05) is 0 Å². The van der Waals surface area contributed by atoms with Gasteiger partial charge in [0.1, 0.15) is 5.82 Å². The van der Waals surface area contributed by atoms with Crippen LogP contribution in [0.3, 0.4) is 0 Å². The standard InChI is InChI=1S/C13H9FN2O4/c14-10-4-2-1-3-9(10)13(18)8-15-6-5-12(17)11(7-15)16(19)20/h1-7H,8H2. The number of aromatic nitrogens is 1. The van der Waals surface area contributed by atoms with Gasteiger partial charge in [0, 0.05) is 12.3 Å². The molecule has 0 aliphatic heterocycles. The van der Waals surface area contributed by atoms with Gasteiger partial charge in [-0.15, -0.1) is 0 Å². The van der Waals surface area contributed by atoms with Crippen LogP contribution in [0.1, 0.15) is 10.4 Å². The summed E-state index contributed by atoms with van der Waals surface area (Å²) in [5, 5.41) is 10.6. The molecule has 0 radical (unpaired) electrons. The number of nitrogens with zero attached hydrogens (tertiary/aromatic N) is 2. The van der Waals surface area contributed by atoms with E-state index < -0.39 is 27.6 Å². The minimum Gasteiger partial charge on any atom is -0.340 e. The maximum absolute atomic E-state index is 13.4. The second-order valence-corrected chi connectivity index (χ2v) is 4.03. The molecule has 2 rings (SSSR count). The fourth-order valence-corrected chi connectivity index (χ4v) is 1.69. The molecule has 0 saturated carbocycles. The molecule has 102 valence electrons. The molecule has 1 heterocycles. The molecule has 20 heavy (non-hydrogen) atoms. The van der Waals surface area contributed by atoms with Crippen molar-refractivity contribution >= 4 is 11.5 Å². The van der Waals surface area contributed by atoms with Gasteiger partial charge in [0.05, 0.1) is 23.2 Å². The molecule has 0 unspecified atom stereocenters. The summed E-state index contributed by atoms with van der Waals surface area (Å²) in [4.78, 5) is 32.9. The normalized spacial score (nSPS) is 10.2. The first-order valence-corrected chi connectivity index (χ1v) is 5.61. The lowest BCUT2D eigenvalue weighted by molar-refractivity contribution is -0.386. The van der Waals surface area contributed by atoms with Gasteiger partial charge in [0.2, 0.25) is 0 Å². The number of rotatable bonds is 4. The van der Waals surface area contributed by atoms with E-state index in [4.69, 9.17) is 0 Å². The number of ketones is 1. The van der Waals surface area contributed by atoms with Gasteiger partial charge in [-0.05, 0) is 12.1 Å². The van der Waals surface area contributed by atoms with Crippen LogP contribution < -0.4 is 5.43 Å². The Hall–Kier alpha value is -2.83. The van der Waals surface area contributed by atoms with Crippen molar-refractivity contribution in [2.45, 2.75) is 6.54 Å². The fourth-order valence-electron chi connectivity index (χ4n) is 1.69. The summed E-state index contributed by atoms with van der Waals surface area (Å²) < 4.78 is 14.6. The highest BCUT2D eigenvalue weighted by Crippen LogP contribution is 2.09. The van der Waals surface area contributed by atoms with Crippen LogP contribution in [0.25, 0.3) is 0 Å². The van der Waals surface area contributed by atoms with Gasteiger partial charge < -0.3 is 4.57 Å². The van der Waals surface area contributed by atoms with Gasteiger partial charge in [-0.2, -0.15) is 0 Å². The summed E-state index contributed by atoms with van der Waals surface area (Å²) in [5.74, 6) is -1.20. The second kappa shape index (κ2) is 5.43. The monoisotopic (exact) mass is 276 g/mol. The van der Waals surface area contributed by atoms with Crippen LogP contribution in [0.15, 0.2) is 47.5 Å². The zero-order chi connectivity index (χ0) is 14.7. The predicted molar refractivity (Wildman–Crippen MR) is 68.1 cm³/mol. The zero-order valence-corrected chi connectivity index (χ0v) is 10.2. The molecule has 0 spiro atoms. The molecular weight excluding hydrogens is 267 g/mol. The fraction of sp³-hybridized carbons (Fsp3) is 0.0769. The highest BCUT2D eigenvalue weighted by Gasteiger charge is 2.15. The van der Waals surface area contributed by atoms with Crippen molar-refractivity contribution < 1.29 is 14.1 Å². The van der Waals surface area contributed by atoms with Gasteiger partial charge in [-0.25, -0.2) is 4.39 Å². The molecule has 0 fully saturated rings. The second-order valence-electron chi connectivity index (χ2n) is 4.03. The molecule has 0 N–H and O–H groups in total. The molecule has 1 aromatic carbocycles. The van der Waals surface area contributed by atoms with Gasteiger partial charge in [0.25, 0.3) is 5.43 Å². The highest BCUT2D eigenvalue weighted by molar-refractivity contribution is 5.96. The molecule has 6 nitrogen and oxygen atoms in total. The SMILES string of the molecule is O=C(Cn1ccc(=O)c([N+](=O)[O-])c1)c1ccccc1F. The third-order valence-electron chi connectivity index (χ3n) is 2.66. The minimum atomic E-state index is -0.827. The van der Waals surface area contributed by atoms with Gasteiger partial charge in [-0.3, -0.25) is 19.7 Å². The molecule has 1 aromatic heterocycles. The van der Waals surface area contributed by atoms with Gasteiger partial charge in [0.15, 0.2) is 5.78 Å². The van der Waals surface area contributed by atoms with Crippen molar-refractivity contribution in [3.05, 3.63) is 74.4 Å². The van der Waals surface area contributed by atoms with Crippen LogP contribution in [0.4, 0.5) is 10.1 Å².